The summed E-state index contributed by atoms with van der Waals surface area (Å²) in [5.74, 6) is 2.51. The minimum Gasteiger partial charge on any atom is -0.496 e. The molecule has 0 bridgehead atoms. The van der Waals surface area contributed by atoms with Crippen LogP contribution in [0.15, 0.2) is 22.7 Å². The Hall–Kier alpha value is -0.540. The fourth-order valence-corrected chi connectivity index (χ4v) is 4.16. The van der Waals surface area contributed by atoms with Crippen LogP contribution in [0.5, 0.6) is 5.75 Å². The molecule has 1 N–H and O–H groups in total. The lowest BCUT2D eigenvalue weighted by Crippen LogP contribution is -2.36. The number of halogens is 1. The molecule has 0 spiro atoms. The number of methoxy groups -OCH3 is 1. The van der Waals surface area contributed by atoms with Crippen molar-refractivity contribution in [2.24, 2.45) is 17.3 Å². The zero-order valence-electron chi connectivity index (χ0n) is 13.7. The van der Waals surface area contributed by atoms with E-state index in [2.05, 4.69) is 60.3 Å². The molecule has 3 heteroatoms. The van der Waals surface area contributed by atoms with E-state index in [4.69, 9.17) is 4.74 Å². The fourth-order valence-electron chi connectivity index (χ4n) is 3.75. The number of nitrogens with one attached hydrogen (secondary N) is 1. The average Bonchev–Trinajstić information content (AvgIpc) is 2.42. The molecule has 0 aromatic heterocycles. The van der Waals surface area contributed by atoms with Crippen LogP contribution in [0.25, 0.3) is 0 Å². The third-order valence-electron chi connectivity index (χ3n) is 4.86. The molecule has 0 amide bonds. The molecule has 1 aliphatic carbocycles. The van der Waals surface area contributed by atoms with Crippen LogP contribution < -0.4 is 10.1 Å². The topological polar surface area (TPSA) is 21.3 Å². The molecule has 0 heterocycles. The van der Waals surface area contributed by atoms with Gasteiger partial charge >= 0.3 is 0 Å². The Bertz CT molecular complexity index is 472. The lowest BCUT2D eigenvalue weighted by Gasteiger charge is -2.41. The largest absolute Gasteiger partial charge is 0.496 e. The van der Waals surface area contributed by atoms with Gasteiger partial charge in [-0.05, 0) is 80.3 Å². The predicted octanol–water partition coefficient (Wildman–Crippen LogP) is 4.66. The monoisotopic (exact) mass is 353 g/mol. The molecule has 1 aromatic rings. The summed E-state index contributed by atoms with van der Waals surface area (Å²) in [5, 5.41) is 3.38. The molecule has 2 rings (SSSR count). The molecule has 2 unspecified atom stereocenters. The van der Waals surface area contributed by atoms with Gasteiger partial charge in [0.05, 0.1) is 7.11 Å². The SMILES string of the molecule is CNCC1CCC(C)(C)CC1Cc1cc(Br)ccc1OC. The van der Waals surface area contributed by atoms with Crippen molar-refractivity contribution in [3.63, 3.8) is 0 Å². The van der Waals surface area contributed by atoms with Gasteiger partial charge in [-0.15, -0.1) is 0 Å². The molecule has 2 atom stereocenters. The fraction of sp³-hybridized carbons (Fsp3) is 0.667. The number of benzene rings is 1. The number of rotatable bonds is 5. The van der Waals surface area contributed by atoms with Gasteiger partial charge in [0.25, 0.3) is 0 Å². The highest BCUT2D eigenvalue weighted by molar-refractivity contribution is 9.10. The molecule has 118 valence electrons. The maximum Gasteiger partial charge on any atom is 0.122 e. The van der Waals surface area contributed by atoms with Crippen LogP contribution in [0.3, 0.4) is 0 Å². The Kier molecular flexibility index (Phi) is 5.73. The smallest absolute Gasteiger partial charge is 0.122 e. The van der Waals surface area contributed by atoms with Crippen molar-refractivity contribution < 1.29 is 4.74 Å². The van der Waals surface area contributed by atoms with Gasteiger partial charge in [-0.3, -0.25) is 0 Å². The van der Waals surface area contributed by atoms with Crippen LogP contribution in [0.1, 0.15) is 38.7 Å². The average molecular weight is 354 g/mol. The molecule has 0 radical (unpaired) electrons. The van der Waals surface area contributed by atoms with Gasteiger partial charge in [-0.25, -0.2) is 0 Å². The van der Waals surface area contributed by atoms with Gasteiger partial charge in [0.15, 0.2) is 0 Å². The molecule has 21 heavy (non-hydrogen) atoms. The van der Waals surface area contributed by atoms with Gasteiger partial charge in [0.1, 0.15) is 5.75 Å². The lowest BCUT2D eigenvalue weighted by atomic mass is 9.65. The van der Waals surface area contributed by atoms with Crippen LogP contribution in [0, 0.1) is 17.3 Å². The zero-order chi connectivity index (χ0) is 15.5. The summed E-state index contributed by atoms with van der Waals surface area (Å²) < 4.78 is 6.69. The maximum absolute atomic E-state index is 5.55. The van der Waals surface area contributed by atoms with E-state index in [1.54, 1.807) is 7.11 Å². The quantitative estimate of drug-likeness (QED) is 0.830. The van der Waals surface area contributed by atoms with Gasteiger partial charge in [-0.2, -0.15) is 0 Å². The first-order valence-corrected chi connectivity index (χ1v) is 8.71. The summed E-state index contributed by atoms with van der Waals surface area (Å²) in [5.41, 5.74) is 1.80. The summed E-state index contributed by atoms with van der Waals surface area (Å²) >= 11 is 3.59. The molecule has 0 aliphatic heterocycles. The zero-order valence-corrected chi connectivity index (χ0v) is 15.3. The summed E-state index contributed by atoms with van der Waals surface area (Å²) in [4.78, 5) is 0. The van der Waals surface area contributed by atoms with Gasteiger partial charge < -0.3 is 10.1 Å². The van der Waals surface area contributed by atoms with E-state index in [1.807, 2.05) is 0 Å². The van der Waals surface area contributed by atoms with E-state index in [0.717, 1.165) is 35.0 Å². The van der Waals surface area contributed by atoms with E-state index in [9.17, 15) is 0 Å². The van der Waals surface area contributed by atoms with Crippen molar-refractivity contribution in [3.05, 3.63) is 28.2 Å². The van der Waals surface area contributed by atoms with Crippen LogP contribution in [-0.2, 0) is 6.42 Å². The normalized spacial score (nSPS) is 24.8. The van der Waals surface area contributed by atoms with Crippen molar-refractivity contribution >= 4 is 15.9 Å². The maximum atomic E-state index is 5.55. The summed E-state index contributed by atoms with van der Waals surface area (Å²) in [6.45, 7) is 5.94. The second kappa shape index (κ2) is 7.15. The van der Waals surface area contributed by atoms with Crippen molar-refractivity contribution in [3.8, 4) is 5.75 Å². The lowest BCUT2D eigenvalue weighted by molar-refractivity contribution is 0.117. The standard InChI is InChI=1S/C18H28BrNO/c1-18(2)8-7-13(12-20-3)15(11-18)9-14-10-16(19)5-6-17(14)21-4/h5-6,10,13,15,20H,7-9,11-12H2,1-4H3. The van der Waals surface area contributed by atoms with Gasteiger partial charge in [0, 0.05) is 4.47 Å². The van der Waals surface area contributed by atoms with E-state index in [0.29, 0.717) is 5.41 Å². The van der Waals surface area contributed by atoms with Crippen molar-refractivity contribution in [1.29, 1.82) is 0 Å². The van der Waals surface area contributed by atoms with Crippen LogP contribution >= 0.6 is 15.9 Å². The van der Waals surface area contributed by atoms with Gasteiger partial charge in [-0.1, -0.05) is 29.8 Å². The van der Waals surface area contributed by atoms with Crippen molar-refractivity contribution in [2.45, 2.75) is 39.5 Å². The van der Waals surface area contributed by atoms with Crippen molar-refractivity contribution in [2.75, 3.05) is 20.7 Å². The molecule has 1 saturated carbocycles. The first-order valence-electron chi connectivity index (χ1n) is 7.92. The summed E-state index contributed by atoms with van der Waals surface area (Å²) in [6.07, 6.45) is 5.08. The third kappa shape index (κ3) is 4.46. The highest BCUT2D eigenvalue weighted by Gasteiger charge is 2.34. The third-order valence-corrected chi connectivity index (χ3v) is 5.36. The molecular formula is C18H28BrNO. The highest BCUT2D eigenvalue weighted by Crippen LogP contribution is 2.43. The van der Waals surface area contributed by atoms with E-state index < -0.39 is 0 Å². The Balaban J connectivity index is 2.19. The minimum absolute atomic E-state index is 0.466. The summed E-state index contributed by atoms with van der Waals surface area (Å²) in [6, 6.07) is 6.34. The molecule has 2 nitrogen and oxygen atoms in total. The molecule has 1 fully saturated rings. The first kappa shape index (κ1) is 16.8. The molecule has 1 aliphatic rings. The van der Waals surface area contributed by atoms with E-state index in [-0.39, 0.29) is 0 Å². The molecule has 0 saturated heterocycles. The van der Waals surface area contributed by atoms with Crippen molar-refractivity contribution in [1.82, 2.24) is 5.32 Å². The second-order valence-electron chi connectivity index (χ2n) is 7.15. The minimum atomic E-state index is 0.466. The number of ether oxygens (including phenoxy) is 1. The first-order chi connectivity index (χ1) is 9.95. The van der Waals surface area contributed by atoms with Crippen LogP contribution in [0.2, 0.25) is 0 Å². The van der Waals surface area contributed by atoms with Gasteiger partial charge in [0.2, 0.25) is 0 Å². The van der Waals surface area contributed by atoms with Crippen LogP contribution in [0.4, 0.5) is 0 Å². The second-order valence-corrected chi connectivity index (χ2v) is 8.06. The Morgan fingerprint density at radius 3 is 2.76 bits per heavy atom. The molecular weight excluding hydrogens is 326 g/mol. The highest BCUT2D eigenvalue weighted by atomic mass is 79.9. The number of hydrogen-bond acceptors (Lipinski definition) is 2. The van der Waals surface area contributed by atoms with E-state index >= 15 is 0 Å². The number of hydrogen-bond donors (Lipinski definition) is 1. The Morgan fingerprint density at radius 2 is 2.10 bits per heavy atom. The summed E-state index contributed by atoms with van der Waals surface area (Å²) in [7, 11) is 3.83. The predicted molar refractivity (Wildman–Crippen MR) is 92.9 cm³/mol. The molecule has 1 aromatic carbocycles. The Labute approximate surface area is 137 Å². The van der Waals surface area contributed by atoms with E-state index in [1.165, 1.54) is 24.8 Å². The van der Waals surface area contributed by atoms with Crippen LogP contribution in [-0.4, -0.2) is 20.7 Å². The Morgan fingerprint density at radius 1 is 1.33 bits per heavy atom.